The van der Waals surface area contributed by atoms with E-state index >= 15 is 0 Å². The van der Waals surface area contributed by atoms with Crippen LogP contribution in [0, 0.1) is 12.3 Å². The van der Waals surface area contributed by atoms with Gasteiger partial charge in [-0.15, -0.1) is 6.42 Å². The lowest BCUT2D eigenvalue weighted by molar-refractivity contribution is 0.0177. The first kappa shape index (κ1) is 15.4. The second kappa shape index (κ2) is 7.14. The highest BCUT2D eigenvalue weighted by molar-refractivity contribution is 5.74. The van der Waals surface area contributed by atoms with Crippen LogP contribution in [0.25, 0.3) is 0 Å². The van der Waals surface area contributed by atoms with Crippen molar-refractivity contribution in [3.8, 4) is 12.3 Å². The van der Waals surface area contributed by atoms with Crippen LogP contribution in [0.1, 0.15) is 31.2 Å². The molecule has 21 heavy (non-hydrogen) atoms. The maximum absolute atomic E-state index is 12.2. The maximum atomic E-state index is 12.2. The number of aliphatic hydroxyl groups is 1. The smallest absolute Gasteiger partial charge is 0.318 e. The molecule has 0 aromatic heterocycles. The minimum Gasteiger partial charge on any atom is -0.388 e. The highest BCUT2D eigenvalue weighted by Gasteiger charge is 2.34. The van der Waals surface area contributed by atoms with Gasteiger partial charge in [-0.1, -0.05) is 49.1 Å². The molecule has 1 aliphatic carbocycles. The summed E-state index contributed by atoms with van der Waals surface area (Å²) in [6, 6.07) is 9.54. The molecule has 0 bridgehead atoms. The largest absolute Gasteiger partial charge is 0.388 e. The highest BCUT2D eigenvalue weighted by Crippen LogP contribution is 2.30. The Morgan fingerprint density at radius 3 is 2.62 bits per heavy atom. The summed E-state index contributed by atoms with van der Waals surface area (Å²) in [4.78, 5) is 13.9. The van der Waals surface area contributed by atoms with Crippen molar-refractivity contribution >= 4 is 6.03 Å². The lowest BCUT2D eigenvalue weighted by Crippen LogP contribution is -2.47. The standard InChI is InChI=1S/C17H22N2O2/c1-2-12-18-16(20)19(13-15-8-4-3-5-9-15)14-17(21)10-6-7-11-17/h1,3-5,8-9,21H,6-7,10-14H2,(H,18,20). The van der Waals surface area contributed by atoms with Crippen LogP contribution in [0.15, 0.2) is 30.3 Å². The van der Waals surface area contributed by atoms with Crippen LogP contribution in [0.3, 0.4) is 0 Å². The van der Waals surface area contributed by atoms with E-state index in [1.165, 1.54) is 0 Å². The van der Waals surface area contributed by atoms with Crippen molar-refractivity contribution in [2.45, 2.75) is 37.8 Å². The van der Waals surface area contributed by atoms with Crippen molar-refractivity contribution in [1.29, 1.82) is 0 Å². The molecular formula is C17H22N2O2. The summed E-state index contributed by atoms with van der Waals surface area (Å²) >= 11 is 0. The van der Waals surface area contributed by atoms with Gasteiger partial charge in [0.25, 0.3) is 0 Å². The summed E-state index contributed by atoms with van der Waals surface area (Å²) in [6.07, 6.45) is 8.72. The van der Waals surface area contributed by atoms with Gasteiger partial charge in [-0.05, 0) is 18.4 Å². The summed E-state index contributed by atoms with van der Waals surface area (Å²) in [7, 11) is 0. The number of amides is 2. The molecule has 1 aromatic carbocycles. The normalized spacial score (nSPS) is 16.2. The Morgan fingerprint density at radius 2 is 2.00 bits per heavy atom. The summed E-state index contributed by atoms with van der Waals surface area (Å²) in [5, 5.41) is 13.2. The third kappa shape index (κ3) is 4.51. The number of benzene rings is 1. The Hall–Kier alpha value is -1.99. The second-order valence-corrected chi connectivity index (χ2v) is 5.64. The molecule has 1 fully saturated rings. The number of hydrogen-bond acceptors (Lipinski definition) is 2. The molecule has 4 nitrogen and oxygen atoms in total. The average molecular weight is 286 g/mol. The van der Waals surface area contributed by atoms with E-state index in [2.05, 4.69) is 11.2 Å². The van der Waals surface area contributed by atoms with Gasteiger partial charge in [0.2, 0.25) is 0 Å². The molecule has 0 aliphatic heterocycles. The Morgan fingerprint density at radius 1 is 1.33 bits per heavy atom. The average Bonchev–Trinajstić information content (AvgIpc) is 2.92. The zero-order chi connectivity index (χ0) is 15.1. The predicted molar refractivity (Wildman–Crippen MR) is 82.5 cm³/mol. The number of carbonyl (C=O) groups is 1. The first-order chi connectivity index (χ1) is 10.1. The van der Waals surface area contributed by atoms with Gasteiger partial charge in [0.1, 0.15) is 0 Å². The number of carbonyl (C=O) groups excluding carboxylic acids is 1. The van der Waals surface area contributed by atoms with Crippen LogP contribution in [-0.2, 0) is 6.54 Å². The molecule has 0 spiro atoms. The number of nitrogens with one attached hydrogen (secondary N) is 1. The van der Waals surface area contributed by atoms with Gasteiger partial charge in [0.15, 0.2) is 0 Å². The lowest BCUT2D eigenvalue weighted by Gasteiger charge is -2.31. The summed E-state index contributed by atoms with van der Waals surface area (Å²) in [6.45, 7) is 1.01. The van der Waals surface area contributed by atoms with Crippen molar-refractivity contribution in [1.82, 2.24) is 10.2 Å². The number of urea groups is 1. The first-order valence-electron chi connectivity index (χ1n) is 7.35. The molecule has 0 heterocycles. The molecule has 4 heteroatoms. The monoisotopic (exact) mass is 286 g/mol. The maximum Gasteiger partial charge on any atom is 0.318 e. The van der Waals surface area contributed by atoms with E-state index in [1.807, 2.05) is 30.3 Å². The van der Waals surface area contributed by atoms with Crippen molar-refractivity contribution in [3.63, 3.8) is 0 Å². The highest BCUT2D eigenvalue weighted by atomic mass is 16.3. The zero-order valence-electron chi connectivity index (χ0n) is 12.2. The minimum atomic E-state index is -0.762. The molecular weight excluding hydrogens is 264 g/mol. The van der Waals surface area contributed by atoms with E-state index < -0.39 is 5.60 Å². The quantitative estimate of drug-likeness (QED) is 0.815. The Labute approximate surface area is 126 Å². The van der Waals surface area contributed by atoms with E-state index in [4.69, 9.17) is 6.42 Å². The molecule has 2 amide bonds. The molecule has 0 unspecified atom stereocenters. The Balaban J connectivity index is 2.06. The molecule has 2 rings (SSSR count). The number of rotatable bonds is 5. The van der Waals surface area contributed by atoms with Crippen LogP contribution in [0.5, 0.6) is 0 Å². The third-order valence-electron chi connectivity index (χ3n) is 3.86. The molecule has 1 aromatic rings. The number of nitrogens with zero attached hydrogens (tertiary/aromatic N) is 1. The van der Waals surface area contributed by atoms with E-state index in [1.54, 1.807) is 4.90 Å². The molecule has 0 saturated heterocycles. The fourth-order valence-electron chi connectivity index (χ4n) is 2.79. The minimum absolute atomic E-state index is 0.197. The predicted octanol–water partition coefficient (Wildman–Crippen LogP) is 2.14. The topological polar surface area (TPSA) is 52.6 Å². The van der Waals surface area contributed by atoms with Crippen LogP contribution >= 0.6 is 0 Å². The fraction of sp³-hybridized carbons (Fsp3) is 0.471. The molecule has 112 valence electrons. The van der Waals surface area contributed by atoms with Crippen molar-refractivity contribution in [3.05, 3.63) is 35.9 Å². The van der Waals surface area contributed by atoms with Gasteiger partial charge in [-0.2, -0.15) is 0 Å². The number of hydrogen-bond donors (Lipinski definition) is 2. The van der Waals surface area contributed by atoms with Gasteiger partial charge in [-0.3, -0.25) is 0 Å². The Bertz CT molecular complexity index is 501. The van der Waals surface area contributed by atoms with Crippen LogP contribution < -0.4 is 5.32 Å². The summed E-state index contributed by atoms with van der Waals surface area (Å²) in [5.74, 6) is 2.40. The van der Waals surface area contributed by atoms with Crippen molar-refractivity contribution in [2.24, 2.45) is 0 Å². The van der Waals surface area contributed by atoms with E-state index in [0.717, 1.165) is 31.2 Å². The zero-order valence-corrected chi connectivity index (χ0v) is 12.2. The molecule has 0 radical (unpaired) electrons. The molecule has 1 aliphatic rings. The summed E-state index contributed by atoms with van der Waals surface area (Å²) in [5.41, 5.74) is 0.275. The molecule has 2 N–H and O–H groups in total. The number of terminal acetylenes is 1. The van der Waals surface area contributed by atoms with Crippen LogP contribution in [0.4, 0.5) is 4.79 Å². The van der Waals surface area contributed by atoms with Crippen LogP contribution in [0.2, 0.25) is 0 Å². The van der Waals surface area contributed by atoms with Gasteiger partial charge in [0.05, 0.1) is 18.7 Å². The first-order valence-corrected chi connectivity index (χ1v) is 7.35. The second-order valence-electron chi connectivity index (χ2n) is 5.64. The third-order valence-corrected chi connectivity index (χ3v) is 3.86. The van der Waals surface area contributed by atoms with E-state index in [9.17, 15) is 9.90 Å². The van der Waals surface area contributed by atoms with Gasteiger partial charge < -0.3 is 15.3 Å². The van der Waals surface area contributed by atoms with E-state index in [0.29, 0.717) is 13.1 Å². The van der Waals surface area contributed by atoms with Crippen molar-refractivity contribution in [2.75, 3.05) is 13.1 Å². The fourth-order valence-corrected chi connectivity index (χ4v) is 2.79. The summed E-state index contributed by atoms with van der Waals surface area (Å²) < 4.78 is 0. The molecule has 1 saturated carbocycles. The van der Waals surface area contributed by atoms with Crippen LogP contribution in [-0.4, -0.2) is 34.7 Å². The van der Waals surface area contributed by atoms with Gasteiger partial charge in [0, 0.05) is 6.54 Å². The lowest BCUT2D eigenvalue weighted by atomic mass is 10.0. The Kier molecular flexibility index (Phi) is 5.24. The van der Waals surface area contributed by atoms with Gasteiger partial charge in [-0.25, -0.2) is 4.79 Å². The van der Waals surface area contributed by atoms with E-state index in [-0.39, 0.29) is 12.6 Å². The van der Waals surface area contributed by atoms with Crippen molar-refractivity contribution < 1.29 is 9.90 Å². The SMILES string of the molecule is C#CCNC(=O)N(Cc1ccccc1)CC1(O)CCCC1. The molecule has 0 atom stereocenters. The van der Waals surface area contributed by atoms with Gasteiger partial charge >= 0.3 is 6.03 Å².